The number of nitrogens with one attached hydrogen (secondary N) is 1. The van der Waals surface area contributed by atoms with Gasteiger partial charge in [0.1, 0.15) is 73.2 Å². The molecule has 0 saturated carbocycles. The Hall–Kier alpha value is -1.99. The monoisotopic (exact) mass is 1510 g/mol. The van der Waals surface area contributed by atoms with E-state index in [4.69, 9.17) is 28.4 Å². The summed E-state index contributed by atoms with van der Waals surface area (Å²) >= 11 is 0. The Balaban J connectivity index is 1.32. The number of rotatable bonds is 72. The first-order valence-corrected chi connectivity index (χ1v) is 44.2. The zero-order valence-corrected chi connectivity index (χ0v) is 67.2. The predicted molar refractivity (Wildman–Crippen MR) is 425 cm³/mol. The second-order valence-electron chi connectivity index (χ2n) is 31.7. The molecule has 19 heteroatoms. The molecular formula is C87H163NO18. The van der Waals surface area contributed by atoms with E-state index in [1.54, 1.807) is 0 Å². The second-order valence-corrected chi connectivity index (χ2v) is 31.7. The van der Waals surface area contributed by atoms with Crippen LogP contribution in [0.5, 0.6) is 0 Å². The molecule has 3 rings (SSSR count). The van der Waals surface area contributed by atoms with Crippen LogP contribution >= 0.6 is 0 Å². The van der Waals surface area contributed by atoms with Gasteiger partial charge in [-0.25, -0.2) is 0 Å². The van der Waals surface area contributed by atoms with Gasteiger partial charge in [-0.2, -0.15) is 0 Å². The number of unbranched alkanes of at least 4 members (excludes halogenated alkanes) is 50. The molecule has 0 aliphatic carbocycles. The lowest BCUT2D eigenvalue weighted by Gasteiger charge is -2.48. The smallest absolute Gasteiger partial charge is 0.220 e. The maximum absolute atomic E-state index is 13.5. The number of hydrogen-bond donors (Lipinski definition) is 12. The number of allylic oxidation sites excluding steroid dienone is 6. The number of hydrogen-bond acceptors (Lipinski definition) is 18. The molecule has 3 aliphatic heterocycles. The molecule has 0 spiro atoms. The summed E-state index contributed by atoms with van der Waals surface area (Å²) in [5, 5.41) is 121. The van der Waals surface area contributed by atoms with Gasteiger partial charge in [-0.05, 0) is 51.4 Å². The predicted octanol–water partition coefficient (Wildman–Crippen LogP) is 16.2. The Morgan fingerprint density at radius 2 is 0.623 bits per heavy atom. The van der Waals surface area contributed by atoms with Crippen molar-refractivity contribution < 1.29 is 89.4 Å². The summed E-state index contributed by atoms with van der Waals surface area (Å²) in [5.41, 5.74) is 0. The highest BCUT2D eigenvalue weighted by molar-refractivity contribution is 5.76. The Labute approximate surface area is 644 Å². The van der Waals surface area contributed by atoms with E-state index in [1.807, 2.05) is 0 Å². The van der Waals surface area contributed by atoms with Gasteiger partial charge >= 0.3 is 0 Å². The third kappa shape index (κ3) is 46.3. The van der Waals surface area contributed by atoms with E-state index in [0.717, 1.165) is 57.8 Å². The van der Waals surface area contributed by atoms with E-state index in [0.29, 0.717) is 12.8 Å². The van der Waals surface area contributed by atoms with Crippen LogP contribution in [0, 0.1) is 0 Å². The fraction of sp³-hybridized carbons (Fsp3) is 0.920. The minimum Gasteiger partial charge on any atom is -0.394 e. The molecule has 0 aromatic carbocycles. The van der Waals surface area contributed by atoms with Gasteiger partial charge in [0.05, 0.1) is 38.6 Å². The lowest BCUT2D eigenvalue weighted by molar-refractivity contribution is -0.379. The van der Waals surface area contributed by atoms with Crippen molar-refractivity contribution in [3.05, 3.63) is 36.5 Å². The third-order valence-corrected chi connectivity index (χ3v) is 22.2. The lowest BCUT2D eigenvalue weighted by atomic mass is 9.96. The van der Waals surface area contributed by atoms with Gasteiger partial charge in [0.2, 0.25) is 5.91 Å². The fourth-order valence-electron chi connectivity index (χ4n) is 15.2. The van der Waals surface area contributed by atoms with Crippen molar-refractivity contribution in [1.29, 1.82) is 0 Å². The summed E-state index contributed by atoms with van der Waals surface area (Å²) in [6, 6.07) is -0.888. The fourth-order valence-corrected chi connectivity index (χ4v) is 15.2. The summed E-state index contributed by atoms with van der Waals surface area (Å²) < 4.78 is 34.6. The summed E-state index contributed by atoms with van der Waals surface area (Å²) in [7, 11) is 0. The van der Waals surface area contributed by atoms with Crippen LogP contribution in [-0.4, -0.2) is 193 Å². The number of aliphatic hydroxyl groups is 11. The maximum atomic E-state index is 13.5. The van der Waals surface area contributed by atoms with Gasteiger partial charge in [-0.1, -0.05) is 359 Å². The van der Waals surface area contributed by atoms with Gasteiger partial charge in [0.25, 0.3) is 0 Å². The quantitative estimate of drug-likeness (QED) is 0.0199. The van der Waals surface area contributed by atoms with Crippen LogP contribution in [-0.2, 0) is 33.2 Å². The van der Waals surface area contributed by atoms with Crippen molar-refractivity contribution >= 4 is 5.91 Å². The SMILES string of the molecule is CCCCCCC/C=C\C/C=C\C/C=C\CCCCCCCCCCCCCCCCCCCCCCC(=O)NC(COC1OC(CO)C(OC2OC(CO)C(OC3OC(CO)C(O)C(O)C3O)C(O)C2O)C(O)C1O)C(O)CCCCCCCCCCCCCCCCCCCCCCCCCCCC. The lowest BCUT2D eigenvalue weighted by Crippen LogP contribution is -2.66. The van der Waals surface area contributed by atoms with E-state index in [-0.39, 0.29) is 18.9 Å². The average Bonchev–Trinajstić information content (AvgIpc) is 0.779. The number of carbonyl (C=O) groups is 1. The van der Waals surface area contributed by atoms with E-state index in [2.05, 4.69) is 55.6 Å². The second kappa shape index (κ2) is 67.5. The van der Waals surface area contributed by atoms with Crippen LogP contribution < -0.4 is 5.32 Å². The molecule has 0 aromatic heterocycles. The standard InChI is InChI=1S/C87H163NO18/c1-3-5-7-9-11-13-15-17-19-21-23-25-27-29-31-32-33-34-35-36-37-38-39-41-43-45-47-49-51-53-55-57-59-61-63-65-75(93)88-70(71(92)64-62-60-58-56-54-52-50-48-46-44-42-40-30-28-26-24-22-20-18-16-14-12-10-8-6-4-2)69-101-85-81(99)78(96)83(73(67-90)103-85)106-87-82(100)79(97)84(74(68-91)104-87)105-86-80(98)77(95)76(94)72(66-89)102-86/h15,17,21,23,27,29,70-74,76-87,89-92,94-100H,3-14,16,18-20,22,24-26,28,30-69H2,1-2H3,(H,88,93)/b17-15-,23-21-,29-27-. The normalized spacial score (nSPS) is 25.8. The Morgan fingerprint density at radius 3 is 0.972 bits per heavy atom. The van der Waals surface area contributed by atoms with Crippen molar-refractivity contribution in [1.82, 2.24) is 5.32 Å². The molecule has 1 amide bonds. The minimum absolute atomic E-state index is 0.235. The largest absolute Gasteiger partial charge is 0.394 e. The molecule has 19 nitrogen and oxygen atoms in total. The van der Waals surface area contributed by atoms with Crippen LogP contribution in [0.25, 0.3) is 0 Å². The highest BCUT2D eigenvalue weighted by Crippen LogP contribution is 2.34. The molecule has 0 radical (unpaired) electrons. The molecule has 106 heavy (non-hydrogen) atoms. The van der Waals surface area contributed by atoms with Crippen molar-refractivity contribution in [2.75, 3.05) is 26.4 Å². The number of amides is 1. The summed E-state index contributed by atoms with van der Waals surface area (Å²) in [5.74, 6) is -0.235. The van der Waals surface area contributed by atoms with Gasteiger partial charge in [-0.15, -0.1) is 0 Å². The molecule has 3 saturated heterocycles. The first-order valence-electron chi connectivity index (χ1n) is 44.2. The van der Waals surface area contributed by atoms with Gasteiger partial charge in [0.15, 0.2) is 18.9 Å². The van der Waals surface area contributed by atoms with E-state index in [9.17, 15) is 61.0 Å². The molecule has 3 fully saturated rings. The first kappa shape index (κ1) is 98.2. The number of carbonyl (C=O) groups excluding carboxylic acids is 1. The molecule has 17 atom stereocenters. The number of ether oxygens (including phenoxy) is 6. The zero-order chi connectivity index (χ0) is 76.7. The van der Waals surface area contributed by atoms with Crippen molar-refractivity contribution in [3.8, 4) is 0 Å². The molecule has 3 heterocycles. The van der Waals surface area contributed by atoms with E-state index in [1.165, 1.54) is 289 Å². The Morgan fingerprint density at radius 1 is 0.340 bits per heavy atom. The van der Waals surface area contributed by atoms with Crippen molar-refractivity contribution in [3.63, 3.8) is 0 Å². The Bertz CT molecular complexity index is 2050. The molecular weight excluding hydrogens is 1350 g/mol. The summed E-state index contributed by atoms with van der Waals surface area (Å²) in [6.07, 6.45) is 58.2. The Kier molecular flexibility index (Phi) is 62.5. The van der Waals surface area contributed by atoms with Crippen LogP contribution in [0.1, 0.15) is 380 Å². The van der Waals surface area contributed by atoms with Crippen molar-refractivity contribution in [2.24, 2.45) is 0 Å². The maximum Gasteiger partial charge on any atom is 0.220 e. The van der Waals surface area contributed by atoms with Gasteiger partial charge < -0.3 is 89.9 Å². The first-order chi connectivity index (χ1) is 51.8. The topological polar surface area (TPSA) is 307 Å². The molecule has 12 N–H and O–H groups in total. The zero-order valence-electron chi connectivity index (χ0n) is 67.2. The number of aliphatic hydroxyl groups excluding tert-OH is 11. The molecule has 3 aliphatic rings. The molecule has 17 unspecified atom stereocenters. The van der Waals surface area contributed by atoms with Crippen LogP contribution in [0.4, 0.5) is 0 Å². The van der Waals surface area contributed by atoms with Crippen LogP contribution in [0.2, 0.25) is 0 Å². The average molecular weight is 1510 g/mol. The summed E-state index contributed by atoms with van der Waals surface area (Å²) in [6.45, 7) is 1.86. The van der Waals surface area contributed by atoms with E-state index < -0.39 is 124 Å². The van der Waals surface area contributed by atoms with Crippen LogP contribution in [0.15, 0.2) is 36.5 Å². The summed E-state index contributed by atoms with van der Waals surface area (Å²) in [4.78, 5) is 13.5. The highest BCUT2D eigenvalue weighted by Gasteiger charge is 2.54. The third-order valence-electron chi connectivity index (χ3n) is 22.2. The van der Waals surface area contributed by atoms with Gasteiger partial charge in [0, 0.05) is 6.42 Å². The van der Waals surface area contributed by atoms with Crippen molar-refractivity contribution in [2.45, 2.75) is 484 Å². The molecule has 0 bridgehead atoms. The molecule has 624 valence electrons. The van der Waals surface area contributed by atoms with E-state index >= 15 is 0 Å². The molecule has 0 aromatic rings. The van der Waals surface area contributed by atoms with Gasteiger partial charge in [-0.3, -0.25) is 4.79 Å². The highest BCUT2D eigenvalue weighted by atomic mass is 16.8. The minimum atomic E-state index is -1.97. The van der Waals surface area contributed by atoms with Crippen LogP contribution in [0.3, 0.4) is 0 Å².